The van der Waals surface area contributed by atoms with Crippen LogP contribution in [0.2, 0.25) is 0 Å². The Bertz CT molecular complexity index is 484. The van der Waals surface area contributed by atoms with Gasteiger partial charge in [0.05, 0.1) is 0 Å². The molecule has 0 aliphatic carbocycles. The Balaban J connectivity index is 2.67. The monoisotopic (exact) mass is 342 g/mol. The summed E-state index contributed by atoms with van der Waals surface area (Å²) in [5.41, 5.74) is 0.922. The number of para-hydroxylation sites is 1. The van der Waals surface area contributed by atoms with Gasteiger partial charge in [0.1, 0.15) is 5.75 Å². The van der Waals surface area contributed by atoms with E-state index in [1.165, 1.54) is 32.1 Å². The molecule has 0 spiro atoms. The first-order chi connectivity index (χ1) is 11.0. The molecule has 1 aromatic rings. The van der Waals surface area contributed by atoms with E-state index < -0.39 is 7.82 Å². The van der Waals surface area contributed by atoms with E-state index in [2.05, 4.69) is 13.8 Å². The number of rotatable bonds is 12. The van der Waals surface area contributed by atoms with Crippen LogP contribution in [-0.4, -0.2) is 9.79 Å². The van der Waals surface area contributed by atoms with Crippen LogP contribution >= 0.6 is 7.82 Å². The van der Waals surface area contributed by atoms with Gasteiger partial charge in [0, 0.05) is 0 Å². The second kappa shape index (κ2) is 10.9. The van der Waals surface area contributed by atoms with Gasteiger partial charge in [0.25, 0.3) is 0 Å². The van der Waals surface area contributed by atoms with Gasteiger partial charge in [-0.3, -0.25) is 9.79 Å². The molecule has 1 unspecified atom stereocenters. The summed E-state index contributed by atoms with van der Waals surface area (Å²) >= 11 is 0. The lowest BCUT2D eigenvalue weighted by atomic mass is 9.88. The zero-order valence-electron chi connectivity index (χ0n) is 14.4. The first-order valence-corrected chi connectivity index (χ1v) is 10.3. The normalized spacial score (nSPS) is 13.0. The van der Waals surface area contributed by atoms with E-state index >= 15 is 0 Å². The summed E-state index contributed by atoms with van der Waals surface area (Å²) in [7, 11) is -4.52. The Morgan fingerprint density at radius 1 is 0.957 bits per heavy atom. The first-order valence-electron chi connectivity index (χ1n) is 8.82. The molecule has 132 valence electrons. The molecule has 1 aromatic carbocycles. The molecule has 0 bridgehead atoms. The molecule has 4 nitrogen and oxygen atoms in total. The lowest BCUT2D eigenvalue weighted by Gasteiger charge is -2.20. The molecule has 23 heavy (non-hydrogen) atoms. The molecule has 2 N–H and O–H groups in total. The van der Waals surface area contributed by atoms with Crippen molar-refractivity contribution in [1.29, 1.82) is 0 Å². The van der Waals surface area contributed by atoms with Crippen molar-refractivity contribution in [2.45, 2.75) is 77.6 Å². The lowest BCUT2D eigenvalue weighted by Crippen LogP contribution is -2.03. The van der Waals surface area contributed by atoms with Crippen LogP contribution < -0.4 is 4.52 Å². The Labute approximate surface area is 140 Å². The van der Waals surface area contributed by atoms with E-state index in [1.54, 1.807) is 12.1 Å². The van der Waals surface area contributed by atoms with Crippen molar-refractivity contribution < 1.29 is 18.9 Å². The van der Waals surface area contributed by atoms with Crippen LogP contribution in [0.15, 0.2) is 24.3 Å². The van der Waals surface area contributed by atoms with Crippen molar-refractivity contribution >= 4 is 7.82 Å². The topological polar surface area (TPSA) is 66.8 Å². The van der Waals surface area contributed by atoms with Gasteiger partial charge < -0.3 is 4.52 Å². The van der Waals surface area contributed by atoms with Crippen molar-refractivity contribution in [3.05, 3.63) is 29.8 Å². The third-order valence-corrected chi connectivity index (χ3v) is 4.55. The van der Waals surface area contributed by atoms with Crippen LogP contribution in [0.4, 0.5) is 0 Å². The molecular formula is C18H31O4P. The van der Waals surface area contributed by atoms with Gasteiger partial charge in [-0.15, -0.1) is 0 Å². The molecular weight excluding hydrogens is 311 g/mol. The third-order valence-electron chi connectivity index (χ3n) is 4.12. The number of phosphoric acid groups is 1. The molecule has 0 aliphatic heterocycles. The van der Waals surface area contributed by atoms with Crippen molar-refractivity contribution in [2.75, 3.05) is 0 Å². The molecule has 0 saturated heterocycles. The molecule has 0 fully saturated rings. The maximum Gasteiger partial charge on any atom is 0.524 e. The second-order valence-corrected chi connectivity index (χ2v) is 7.33. The molecule has 1 rings (SSSR count). The molecule has 1 atom stereocenters. The van der Waals surface area contributed by atoms with Crippen LogP contribution in [0, 0.1) is 0 Å². The maximum atomic E-state index is 11.2. The maximum absolute atomic E-state index is 11.2. The van der Waals surface area contributed by atoms with E-state index in [4.69, 9.17) is 14.3 Å². The fourth-order valence-electron chi connectivity index (χ4n) is 3.00. The molecule has 0 heterocycles. The average Bonchev–Trinajstić information content (AvgIpc) is 2.49. The number of hydrogen-bond donors (Lipinski definition) is 2. The average molecular weight is 342 g/mol. The molecule has 0 aromatic heterocycles. The summed E-state index contributed by atoms with van der Waals surface area (Å²) in [6, 6.07) is 7.24. The van der Waals surface area contributed by atoms with Crippen LogP contribution in [0.25, 0.3) is 0 Å². The smallest absolute Gasteiger partial charge is 0.404 e. The molecule has 0 radical (unpaired) electrons. The van der Waals surface area contributed by atoms with Gasteiger partial charge in [-0.25, -0.2) is 4.57 Å². The summed E-state index contributed by atoms with van der Waals surface area (Å²) in [5.74, 6) is 0.624. The highest BCUT2D eigenvalue weighted by Crippen LogP contribution is 2.42. The number of phosphoric ester groups is 1. The quantitative estimate of drug-likeness (QED) is 0.372. The van der Waals surface area contributed by atoms with Gasteiger partial charge in [0.2, 0.25) is 0 Å². The van der Waals surface area contributed by atoms with Crippen molar-refractivity contribution in [1.82, 2.24) is 0 Å². The standard InChI is InChI=1S/C18H31O4P/c1-3-5-6-7-8-9-13-16(12-4-2)17-14-10-11-15-18(17)22-23(19,20)21/h10-11,14-16H,3-9,12-13H2,1-2H3,(H2,19,20,21). The Morgan fingerprint density at radius 3 is 2.26 bits per heavy atom. The lowest BCUT2D eigenvalue weighted by molar-refractivity contribution is 0.281. The van der Waals surface area contributed by atoms with E-state index in [0.29, 0.717) is 11.7 Å². The summed E-state index contributed by atoms with van der Waals surface area (Å²) < 4.78 is 16.1. The third kappa shape index (κ3) is 8.55. The van der Waals surface area contributed by atoms with Gasteiger partial charge in [-0.1, -0.05) is 77.0 Å². The van der Waals surface area contributed by atoms with E-state index in [9.17, 15) is 4.57 Å². The highest BCUT2D eigenvalue weighted by Gasteiger charge is 2.21. The fraction of sp³-hybridized carbons (Fsp3) is 0.667. The highest BCUT2D eigenvalue weighted by molar-refractivity contribution is 7.46. The molecule has 0 saturated carbocycles. The minimum absolute atomic E-state index is 0.300. The second-order valence-electron chi connectivity index (χ2n) is 6.16. The predicted molar refractivity (Wildman–Crippen MR) is 94.8 cm³/mol. The highest BCUT2D eigenvalue weighted by atomic mass is 31.2. The molecule has 5 heteroatoms. The number of benzene rings is 1. The van der Waals surface area contributed by atoms with E-state index in [1.807, 2.05) is 12.1 Å². The van der Waals surface area contributed by atoms with Crippen LogP contribution in [0.1, 0.15) is 83.1 Å². The largest absolute Gasteiger partial charge is 0.524 e. The van der Waals surface area contributed by atoms with Gasteiger partial charge in [0.15, 0.2) is 0 Å². The van der Waals surface area contributed by atoms with Gasteiger partial charge in [-0.05, 0) is 30.4 Å². The van der Waals surface area contributed by atoms with Crippen LogP contribution in [0.5, 0.6) is 5.75 Å². The van der Waals surface area contributed by atoms with Crippen LogP contribution in [0.3, 0.4) is 0 Å². The molecule has 0 amide bonds. The van der Waals surface area contributed by atoms with Crippen LogP contribution in [-0.2, 0) is 4.57 Å². The SMILES string of the molecule is CCCCCCCCC(CCC)c1ccccc1OP(=O)(O)O. The minimum atomic E-state index is -4.52. The minimum Gasteiger partial charge on any atom is -0.404 e. The predicted octanol–water partition coefficient (Wildman–Crippen LogP) is 5.79. The Kier molecular flexibility index (Phi) is 9.54. The summed E-state index contributed by atoms with van der Waals surface area (Å²) in [6.07, 6.45) is 10.6. The zero-order valence-corrected chi connectivity index (χ0v) is 15.3. The molecule has 0 aliphatic rings. The van der Waals surface area contributed by atoms with Crippen molar-refractivity contribution in [2.24, 2.45) is 0 Å². The van der Waals surface area contributed by atoms with E-state index in [0.717, 1.165) is 31.2 Å². The summed E-state index contributed by atoms with van der Waals surface area (Å²) in [5, 5.41) is 0. The summed E-state index contributed by atoms with van der Waals surface area (Å²) in [4.78, 5) is 18.2. The fourth-order valence-corrected chi connectivity index (χ4v) is 3.43. The van der Waals surface area contributed by atoms with Crippen molar-refractivity contribution in [3.63, 3.8) is 0 Å². The Morgan fingerprint density at radius 2 is 1.61 bits per heavy atom. The Hall–Kier alpha value is -0.830. The van der Waals surface area contributed by atoms with Gasteiger partial charge in [-0.2, -0.15) is 0 Å². The first kappa shape index (κ1) is 20.2. The number of hydrogen-bond acceptors (Lipinski definition) is 2. The van der Waals surface area contributed by atoms with E-state index in [-0.39, 0.29) is 0 Å². The summed E-state index contributed by atoms with van der Waals surface area (Å²) in [6.45, 7) is 4.36. The number of unbranched alkanes of at least 4 members (excludes halogenated alkanes) is 5. The zero-order chi connectivity index (χ0) is 17.1. The van der Waals surface area contributed by atoms with Gasteiger partial charge >= 0.3 is 7.82 Å². The van der Waals surface area contributed by atoms with Crippen molar-refractivity contribution in [3.8, 4) is 5.75 Å².